The van der Waals surface area contributed by atoms with Crippen LogP contribution in [0.2, 0.25) is 0 Å². The molecule has 0 nitrogen and oxygen atoms in total. The Kier molecular flexibility index (Phi) is 4.87. The molecule has 0 aromatic heterocycles. The molecule has 0 spiro atoms. The van der Waals surface area contributed by atoms with Crippen molar-refractivity contribution < 1.29 is 0 Å². The second kappa shape index (κ2) is 5.95. The van der Waals surface area contributed by atoms with Gasteiger partial charge in [0.2, 0.25) is 0 Å². The standard InChI is InChI=1S/C15H24/c1-12(2)5-6-14(4)11-15-9-7-13(3)8-10-15/h7-10,12,14H,5-6,11H2,1-4H3. The van der Waals surface area contributed by atoms with E-state index in [4.69, 9.17) is 0 Å². The third kappa shape index (κ3) is 5.01. The monoisotopic (exact) mass is 204 g/mol. The molecule has 0 heteroatoms. The van der Waals surface area contributed by atoms with Crippen LogP contribution in [-0.4, -0.2) is 0 Å². The second-order valence-electron chi connectivity index (χ2n) is 5.27. The van der Waals surface area contributed by atoms with Crippen molar-refractivity contribution in [3.63, 3.8) is 0 Å². The van der Waals surface area contributed by atoms with Crippen molar-refractivity contribution in [1.29, 1.82) is 0 Å². The van der Waals surface area contributed by atoms with E-state index in [0.717, 1.165) is 11.8 Å². The summed E-state index contributed by atoms with van der Waals surface area (Å²) in [6, 6.07) is 8.96. The Morgan fingerprint density at radius 1 is 0.933 bits per heavy atom. The van der Waals surface area contributed by atoms with Crippen LogP contribution in [0.15, 0.2) is 24.3 Å². The summed E-state index contributed by atoms with van der Waals surface area (Å²) >= 11 is 0. The van der Waals surface area contributed by atoms with Gasteiger partial charge in [-0.1, -0.05) is 63.4 Å². The van der Waals surface area contributed by atoms with Crippen molar-refractivity contribution in [2.24, 2.45) is 11.8 Å². The average Bonchev–Trinajstić information content (AvgIpc) is 2.19. The van der Waals surface area contributed by atoms with Crippen LogP contribution in [0.1, 0.15) is 44.7 Å². The summed E-state index contributed by atoms with van der Waals surface area (Å²) in [5.41, 5.74) is 2.84. The molecule has 15 heavy (non-hydrogen) atoms. The maximum Gasteiger partial charge on any atom is -0.0253 e. The third-order valence-electron chi connectivity index (χ3n) is 2.94. The molecule has 1 unspecified atom stereocenters. The molecule has 0 amide bonds. The van der Waals surface area contributed by atoms with Crippen LogP contribution >= 0.6 is 0 Å². The summed E-state index contributed by atoms with van der Waals surface area (Å²) < 4.78 is 0. The number of hydrogen-bond donors (Lipinski definition) is 0. The van der Waals surface area contributed by atoms with E-state index in [9.17, 15) is 0 Å². The van der Waals surface area contributed by atoms with E-state index in [0.29, 0.717) is 0 Å². The predicted molar refractivity (Wildman–Crippen MR) is 68.1 cm³/mol. The van der Waals surface area contributed by atoms with Gasteiger partial charge >= 0.3 is 0 Å². The van der Waals surface area contributed by atoms with Gasteiger partial charge in [0.1, 0.15) is 0 Å². The van der Waals surface area contributed by atoms with Crippen molar-refractivity contribution in [2.75, 3.05) is 0 Å². The molecule has 1 aromatic rings. The molecule has 1 atom stereocenters. The highest BCUT2D eigenvalue weighted by atomic mass is 14.1. The smallest absolute Gasteiger partial charge is 0.0253 e. The van der Waals surface area contributed by atoms with Crippen LogP contribution < -0.4 is 0 Å². The molecular formula is C15H24. The Morgan fingerprint density at radius 3 is 2.07 bits per heavy atom. The van der Waals surface area contributed by atoms with Gasteiger partial charge in [-0.15, -0.1) is 0 Å². The molecule has 0 saturated carbocycles. The molecule has 0 aliphatic carbocycles. The van der Waals surface area contributed by atoms with Gasteiger partial charge in [0.15, 0.2) is 0 Å². The lowest BCUT2D eigenvalue weighted by molar-refractivity contribution is 0.448. The zero-order chi connectivity index (χ0) is 11.3. The molecule has 84 valence electrons. The van der Waals surface area contributed by atoms with Gasteiger partial charge in [0.25, 0.3) is 0 Å². The maximum absolute atomic E-state index is 2.36. The lowest BCUT2D eigenvalue weighted by Crippen LogP contribution is -2.01. The number of hydrogen-bond acceptors (Lipinski definition) is 0. The van der Waals surface area contributed by atoms with Crippen molar-refractivity contribution >= 4 is 0 Å². The van der Waals surface area contributed by atoms with Gasteiger partial charge in [-0.2, -0.15) is 0 Å². The van der Waals surface area contributed by atoms with Gasteiger partial charge in [0.05, 0.1) is 0 Å². The summed E-state index contributed by atoms with van der Waals surface area (Å²) in [7, 11) is 0. The van der Waals surface area contributed by atoms with E-state index in [2.05, 4.69) is 52.0 Å². The van der Waals surface area contributed by atoms with E-state index in [1.807, 2.05) is 0 Å². The fourth-order valence-corrected chi connectivity index (χ4v) is 1.85. The van der Waals surface area contributed by atoms with Crippen LogP contribution in [0.3, 0.4) is 0 Å². The Bertz CT molecular complexity index is 269. The third-order valence-corrected chi connectivity index (χ3v) is 2.94. The predicted octanol–water partition coefficient (Wildman–Crippen LogP) is 4.61. The molecule has 0 radical (unpaired) electrons. The molecule has 0 N–H and O–H groups in total. The fourth-order valence-electron chi connectivity index (χ4n) is 1.85. The van der Waals surface area contributed by atoms with E-state index in [-0.39, 0.29) is 0 Å². The Hall–Kier alpha value is -0.780. The molecular weight excluding hydrogens is 180 g/mol. The molecule has 1 aromatic carbocycles. The van der Waals surface area contributed by atoms with Gasteiger partial charge < -0.3 is 0 Å². The van der Waals surface area contributed by atoms with E-state index in [1.54, 1.807) is 0 Å². The highest BCUT2D eigenvalue weighted by molar-refractivity contribution is 5.21. The van der Waals surface area contributed by atoms with Crippen LogP contribution in [0.25, 0.3) is 0 Å². The lowest BCUT2D eigenvalue weighted by Gasteiger charge is -2.13. The molecule has 0 saturated heterocycles. The molecule has 0 aliphatic heterocycles. The van der Waals surface area contributed by atoms with Crippen LogP contribution in [0.5, 0.6) is 0 Å². The average molecular weight is 204 g/mol. The summed E-state index contributed by atoms with van der Waals surface area (Å²) in [4.78, 5) is 0. The topological polar surface area (TPSA) is 0 Å². The first kappa shape index (κ1) is 12.3. The van der Waals surface area contributed by atoms with Crippen LogP contribution in [0, 0.1) is 18.8 Å². The van der Waals surface area contributed by atoms with E-state index in [1.165, 1.54) is 30.4 Å². The van der Waals surface area contributed by atoms with Crippen molar-refractivity contribution in [3.8, 4) is 0 Å². The second-order valence-corrected chi connectivity index (χ2v) is 5.27. The minimum absolute atomic E-state index is 0.815. The van der Waals surface area contributed by atoms with E-state index >= 15 is 0 Å². The number of benzene rings is 1. The minimum Gasteiger partial charge on any atom is -0.0628 e. The fraction of sp³-hybridized carbons (Fsp3) is 0.600. The van der Waals surface area contributed by atoms with Crippen molar-refractivity contribution in [2.45, 2.75) is 47.0 Å². The summed E-state index contributed by atoms with van der Waals surface area (Å²) in [5.74, 6) is 1.65. The molecule has 1 rings (SSSR count). The minimum atomic E-state index is 0.815. The Labute approximate surface area is 94.7 Å². The Balaban J connectivity index is 2.37. The van der Waals surface area contributed by atoms with Gasteiger partial charge in [-0.05, 0) is 30.7 Å². The quantitative estimate of drug-likeness (QED) is 0.657. The Morgan fingerprint density at radius 2 is 1.53 bits per heavy atom. The zero-order valence-corrected chi connectivity index (χ0v) is 10.6. The van der Waals surface area contributed by atoms with Gasteiger partial charge in [-0.3, -0.25) is 0 Å². The summed E-state index contributed by atoms with van der Waals surface area (Å²) in [6.07, 6.45) is 3.94. The van der Waals surface area contributed by atoms with Gasteiger partial charge in [-0.25, -0.2) is 0 Å². The summed E-state index contributed by atoms with van der Waals surface area (Å²) in [5, 5.41) is 0. The zero-order valence-electron chi connectivity index (χ0n) is 10.6. The highest BCUT2D eigenvalue weighted by Crippen LogP contribution is 2.17. The first-order valence-corrected chi connectivity index (χ1v) is 6.13. The largest absolute Gasteiger partial charge is 0.0628 e. The first-order valence-electron chi connectivity index (χ1n) is 6.13. The van der Waals surface area contributed by atoms with E-state index < -0.39 is 0 Å². The molecule has 0 bridgehead atoms. The molecule has 0 fully saturated rings. The first-order chi connectivity index (χ1) is 7.08. The SMILES string of the molecule is Cc1ccc(CC(C)CCC(C)C)cc1. The maximum atomic E-state index is 2.36. The highest BCUT2D eigenvalue weighted by Gasteiger charge is 2.04. The van der Waals surface area contributed by atoms with Gasteiger partial charge in [0, 0.05) is 0 Å². The number of rotatable bonds is 5. The lowest BCUT2D eigenvalue weighted by atomic mass is 9.93. The van der Waals surface area contributed by atoms with Crippen molar-refractivity contribution in [1.82, 2.24) is 0 Å². The summed E-state index contributed by atoms with van der Waals surface area (Å²) in [6.45, 7) is 9.12. The number of aryl methyl sites for hydroxylation is 1. The van der Waals surface area contributed by atoms with Crippen LogP contribution in [0.4, 0.5) is 0 Å². The molecule has 0 heterocycles. The molecule has 0 aliphatic rings. The normalized spacial score (nSPS) is 13.1. The van der Waals surface area contributed by atoms with Crippen LogP contribution in [-0.2, 0) is 6.42 Å². The van der Waals surface area contributed by atoms with Crippen molar-refractivity contribution in [3.05, 3.63) is 35.4 Å².